The summed E-state index contributed by atoms with van der Waals surface area (Å²) in [5.41, 5.74) is 3.04. The summed E-state index contributed by atoms with van der Waals surface area (Å²) in [6.07, 6.45) is 0.231. The van der Waals surface area contributed by atoms with Gasteiger partial charge in [0.1, 0.15) is 5.82 Å². The van der Waals surface area contributed by atoms with Crippen molar-refractivity contribution in [2.24, 2.45) is 0 Å². The number of piperazine rings is 1. The van der Waals surface area contributed by atoms with Gasteiger partial charge in [0.2, 0.25) is 5.91 Å². The number of aromatic nitrogens is 2. The minimum atomic E-state index is -0.547. The second-order valence-electron chi connectivity index (χ2n) is 8.52. The molecule has 10 heteroatoms. The van der Waals surface area contributed by atoms with Crippen molar-refractivity contribution >= 4 is 23.5 Å². The Hall–Kier alpha value is -4.21. The number of anilines is 1. The fraction of sp³-hybridized carbons (Fsp3) is 0.333. The van der Waals surface area contributed by atoms with Crippen LogP contribution in [0.25, 0.3) is 16.9 Å². The van der Waals surface area contributed by atoms with E-state index in [-0.39, 0.29) is 37.0 Å². The summed E-state index contributed by atoms with van der Waals surface area (Å²) in [5.74, 6) is -1.40. The Morgan fingerprint density at radius 3 is 2.32 bits per heavy atom. The van der Waals surface area contributed by atoms with Gasteiger partial charge in [0.15, 0.2) is 5.69 Å². The summed E-state index contributed by atoms with van der Waals surface area (Å²) in [6, 6.07) is 15.4. The van der Waals surface area contributed by atoms with Crippen LogP contribution in [0.5, 0.6) is 0 Å². The molecular formula is C27H29FN4O5. The number of carbonyl (C=O) groups is 3. The van der Waals surface area contributed by atoms with E-state index in [4.69, 9.17) is 4.74 Å². The van der Waals surface area contributed by atoms with Gasteiger partial charge < -0.3 is 19.3 Å². The van der Waals surface area contributed by atoms with E-state index >= 15 is 0 Å². The average Bonchev–Trinajstić information content (AvgIpc) is 3.38. The third-order valence-corrected chi connectivity index (χ3v) is 6.18. The fourth-order valence-electron chi connectivity index (χ4n) is 4.22. The van der Waals surface area contributed by atoms with Crippen LogP contribution in [0.15, 0.2) is 54.6 Å². The molecule has 1 aliphatic heterocycles. The van der Waals surface area contributed by atoms with Gasteiger partial charge >= 0.3 is 11.9 Å². The maximum absolute atomic E-state index is 13.9. The van der Waals surface area contributed by atoms with Gasteiger partial charge in [-0.1, -0.05) is 18.2 Å². The molecule has 4 rings (SSSR count). The minimum Gasteiger partial charge on any atom is -0.469 e. The number of hydrogen-bond donors (Lipinski definition) is 0. The SMILES string of the molecule is CCOC(=O)c1cc(-c2ccc(N3CCN(C(=O)CCC(=O)OC)CC3)cc2)n(-c2cccc(F)c2)n1. The molecule has 2 heterocycles. The zero-order valence-corrected chi connectivity index (χ0v) is 20.9. The van der Waals surface area contributed by atoms with Crippen molar-refractivity contribution in [3.8, 4) is 16.9 Å². The van der Waals surface area contributed by atoms with Crippen molar-refractivity contribution in [3.63, 3.8) is 0 Å². The van der Waals surface area contributed by atoms with Crippen molar-refractivity contribution in [1.29, 1.82) is 0 Å². The molecule has 1 fully saturated rings. The van der Waals surface area contributed by atoms with Gasteiger partial charge in [-0.2, -0.15) is 5.10 Å². The van der Waals surface area contributed by atoms with Crippen LogP contribution in [0.1, 0.15) is 30.3 Å². The maximum atomic E-state index is 13.9. The first-order valence-corrected chi connectivity index (χ1v) is 12.1. The average molecular weight is 509 g/mol. The normalized spacial score (nSPS) is 13.4. The lowest BCUT2D eigenvalue weighted by Crippen LogP contribution is -2.48. The summed E-state index contributed by atoms with van der Waals surface area (Å²) in [5, 5.41) is 4.38. The smallest absolute Gasteiger partial charge is 0.358 e. The molecule has 0 radical (unpaired) electrons. The molecule has 0 N–H and O–H groups in total. The third-order valence-electron chi connectivity index (χ3n) is 6.18. The summed E-state index contributed by atoms with van der Waals surface area (Å²) >= 11 is 0. The number of amides is 1. The largest absolute Gasteiger partial charge is 0.469 e. The fourth-order valence-corrected chi connectivity index (χ4v) is 4.22. The lowest BCUT2D eigenvalue weighted by atomic mass is 10.1. The van der Waals surface area contributed by atoms with E-state index in [9.17, 15) is 18.8 Å². The number of esters is 2. The molecule has 194 valence electrons. The maximum Gasteiger partial charge on any atom is 0.358 e. The number of halogens is 1. The Bertz CT molecular complexity index is 1270. The van der Waals surface area contributed by atoms with Crippen molar-refractivity contribution in [1.82, 2.24) is 14.7 Å². The van der Waals surface area contributed by atoms with Crippen LogP contribution in [0.2, 0.25) is 0 Å². The predicted molar refractivity (Wildman–Crippen MR) is 135 cm³/mol. The molecule has 0 spiro atoms. The van der Waals surface area contributed by atoms with E-state index in [0.29, 0.717) is 37.6 Å². The number of rotatable bonds is 8. The Morgan fingerprint density at radius 1 is 0.946 bits per heavy atom. The highest BCUT2D eigenvalue weighted by atomic mass is 19.1. The highest BCUT2D eigenvalue weighted by Crippen LogP contribution is 2.28. The Labute approximate surface area is 214 Å². The van der Waals surface area contributed by atoms with Crippen LogP contribution in [0, 0.1) is 5.82 Å². The zero-order valence-electron chi connectivity index (χ0n) is 20.9. The molecule has 37 heavy (non-hydrogen) atoms. The quantitative estimate of drug-likeness (QED) is 0.430. The topological polar surface area (TPSA) is 94.0 Å². The van der Waals surface area contributed by atoms with Crippen molar-refractivity contribution in [3.05, 3.63) is 66.1 Å². The molecular weight excluding hydrogens is 479 g/mol. The molecule has 1 aromatic heterocycles. The van der Waals surface area contributed by atoms with Crippen LogP contribution in [-0.2, 0) is 19.1 Å². The Morgan fingerprint density at radius 2 is 1.68 bits per heavy atom. The van der Waals surface area contributed by atoms with Gasteiger partial charge in [-0.3, -0.25) is 9.59 Å². The van der Waals surface area contributed by atoms with Crippen LogP contribution < -0.4 is 4.90 Å². The highest BCUT2D eigenvalue weighted by molar-refractivity contribution is 5.89. The molecule has 0 unspecified atom stereocenters. The molecule has 1 aliphatic rings. The van der Waals surface area contributed by atoms with Crippen LogP contribution in [0.3, 0.4) is 0 Å². The second-order valence-corrected chi connectivity index (χ2v) is 8.52. The van der Waals surface area contributed by atoms with E-state index in [1.807, 2.05) is 24.3 Å². The van der Waals surface area contributed by atoms with Gasteiger partial charge in [-0.25, -0.2) is 13.9 Å². The summed E-state index contributed by atoms with van der Waals surface area (Å²) in [7, 11) is 1.31. The van der Waals surface area contributed by atoms with Gasteiger partial charge in [-0.05, 0) is 43.3 Å². The van der Waals surface area contributed by atoms with Crippen LogP contribution in [0.4, 0.5) is 10.1 Å². The van der Waals surface area contributed by atoms with Crippen molar-refractivity contribution in [2.75, 3.05) is 44.8 Å². The van der Waals surface area contributed by atoms with Gasteiger partial charge in [0.05, 0.1) is 31.5 Å². The van der Waals surface area contributed by atoms with E-state index in [1.165, 1.54) is 23.9 Å². The number of carbonyl (C=O) groups excluding carboxylic acids is 3. The van der Waals surface area contributed by atoms with E-state index < -0.39 is 11.8 Å². The number of methoxy groups -OCH3 is 1. The Kier molecular flexibility index (Phi) is 8.17. The lowest BCUT2D eigenvalue weighted by Gasteiger charge is -2.36. The first-order valence-electron chi connectivity index (χ1n) is 12.1. The summed E-state index contributed by atoms with van der Waals surface area (Å²) in [6.45, 7) is 4.40. The molecule has 1 amide bonds. The van der Waals surface area contributed by atoms with E-state index in [1.54, 1.807) is 30.0 Å². The van der Waals surface area contributed by atoms with Crippen LogP contribution >= 0.6 is 0 Å². The standard InChI is InChI=1S/C27H29FN4O5/c1-3-37-27(35)23-18-24(32(29-23)22-6-4-5-20(28)17-22)19-7-9-21(10-8-19)30-13-15-31(16-14-30)25(33)11-12-26(34)36-2/h4-10,17-18H,3,11-16H2,1-2H3. The first-order chi connectivity index (χ1) is 17.9. The second kappa shape index (κ2) is 11.7. The number of benzene rings is 2. The van der Waals surface area contributed by atoms with Crippen molar-refractivity contribution in [2.45, 2.75) is 19.8 Å². The number of nitrogens with zero attached hydrogens (tertiary/aromatic N) is 4. The van der Waals surface area contributed by atoms with Gasteiger partial charge in [-0.15, -0.1) is 0 Å². The van der Waals surface area contributed by atoms with Crippen LogP contribution in [-0.4, -0.2) is 72.4 Å². The molecule has 0 atom stereocenters. The zero-order chi connectivity index (χ0) is 26.4. The molecule has 0 bridgehead atoms. The first kappa shape index (κ1) is 25.9. The third kappa shape index (κ3) is 6.14. The minimum absolute atomic E-state index is 0.0524. The number of hydrogen-bond acceptors (Lipinski definition) is 7. The molecule has 3 aromatic rings. The summed E-state index contributed by atoms with van der Waals surface area (Å²) in [4.78, 5) is 39.9. The summed E-state index contributed by atoms with van der Waals surface area (Å²) < 4.78 is 25.2. The van der Waals surface area contributed by atoms with Gasteiger partial charge in [0, 0.05) is 43.9 Å². The molecule has 2 aromatic carbocycles. The highest BCUT2D eigenvalue weighted by Gasteiger charge is 2.23. The predicted octanol–water partition coefficient (Wildman–Crippen LogP) is 3.46. The molecule has 9 nitrogen and oxygen atoms in total. The monoisotopic (exact) mass is 508 g/mol. The molecule has 0 aliphatic carbocycles. The number of ether oxygens (including phenoxy) is 2. The van der Waals surface area contributed by atoms with Gasteiger partial charge in [0.25, 0.3) is 0 Å². The molecule has 0 saturated carbocycles. The van der Waals surface area contributed by atoms with E-state index in [2.05, 4.69) is 14.7 Å². The van der Waals surface area contributed by atoms with Crippen molar-refractivity contribution < 1.29 is 28.2 Å². The van der Waals surface area contributed by atoms with E-state index in [0.717, 1.165) is 11.3 Å². The lowest BCUT2D eigenvalue weighted by molar-refractivity contribution is -0.143. The Balaban J connectivity index is 1.49. The molecule has 1 saturated heterocycles.